The van der Waals surface area contributed by atoms with E-state index in [2.05, 4.69) is 31.5 Å². The lowest BCUT2D eigenvalue weighted by Gasteiger charge is -2.13. The molecular weight excluding hydrogens is 542 g/mol. The van der Waals surface area contributed by atoms with Gasteiger partial charge in [0.05, 0.1) is 22.3 Å². The summed E-state index contributed by atoms with van der Waals surface area (Å²) in [5, 5.41) is 5.99. The van der Waals surface area contributed by atoms with Crippen LogP contribution >= 0.6 is 27.3 Å². The molecule has 0 radical (unpaired) electrons. The number of halogens is 1. The van der Waals surface area contributed by atoms with Gasteiger partial charge in [0.25, 0.3) is 15.6 Å². The summed E-state index contributed by atoms with van der Waals surface area (Å²) in [7, 11) is -2.17. The molecule has 2 amide bonds. The highest BCUT2D eigenvalue weighted by Gasteiger charge is 2.19. The van der Waals surface area contributed by atoms with Crippen molar-refractivity contribution in [2.75, 3.05) is 17.7 Å². The highest BCUT2D eigenvalue weighted by Crippen LogP contribution is 2.26. The Morgan fingerprint density at radius 1 is 1.09 bits per heavy atom. The van der Waals surface area contributed by atoms with Crippen molar-refractivity contribution in [2.24, 2.45) is 0 Å². The van der Waals surface area contributed by atoms with Gasteiger partial charge in [0.1, 0.15) is 10.0 Å². The van der Waals surface area contributed by atoms with E-state index < -0.39 is 16.1 Å². The number of amides is 2. The first-order valence-electron chi connectivity index (χ1n) is 10.0. The van der Waals surface area contributed by atoms with Crippen molar-refractivity contribution >= 4 is 65.6 Å². The van der Waals surface area contributed by atoms with Gasteiger partial charge in [-0.2, -0.15) is 0 Å². The molecule has 2 heterocycles. The average molecular weight is 562 g/mol. The number of nitrogens with zero attached hydrogens (tertiary/aromatic N) is 2. The summed E-state index contributed by atoms with van der Waals surface area (Å²) in [5.41, 5.74) is 2.07. The lowest BCUT2D eigenvalue weighted by atomic mass is 10.2. The molecule has 0 bridgehead atoms. The molecule has 2 aromatic heterocycles. The van der Waals surface area contributed by atoms with Gasteiger partial charge < -0.3 is 10.6 Å². The topological polar surface area (TPSA) is 122 Å². The number of nitrogens with one attached hydrogen (secondary N) is 3. The minimum absolute atomic E-state index is 0.0580. The van der Waals surface area contributed by atoms with Crippen molar-refractivity contribution in [3.05, 3.63) is 74.1 Å². The molecule has 0 saturated heterocycles. The number of fused-ring (bicyclic) bond motifs is 1. The third-order valence-corrected chi connectivity index (χ3v) is 8.46. The summed E-state index contributed by atoms with van der Waals surface area (Å²) < 4.78 is 28.9. The van der Waals surface area contributed by atoms with Crippen LogP contribution in [0.1, 0.15) is 10.7 Å². The van der Waals surface area contributed by atoms with E-state index in [1.807, 2.05) is 4.72 Å². The SMILES string of the molecule is CNc1cc2nc(C)n(-c3ccc(NC(=O)NS(=O)(=O)c4ccc(C)s4)cc3)c(=O)c2cc1Br. The third kappa shape index (κ3) is 4.69. The normalized spacial score (nSPS) is 11.4. The summed E-state index contributed by atoms with van der Waals surface area (Å²) in [5.74, 6) is 0.498. The van der Waals surface area contributed by atoms with Crippen molar-refractivity contribution in [3.8, 4) is 5.69 Å². The summed E-state index contributed by atoms with van der Waals surface area (Å²) in [6.07, 6.45) is 0. The van der Waals surface area contributed by atoms with Crippen LogP contribution in [-0.2, 0) is 10.0 Å². The molecule has 2 aromatic carbocycles. The van der Waals surface area contributed by atoms with Gasteiger partial charge in [0.2, 0.25) is 0 Å². The van der Waals surface area contributed by atoms with Crippen molar-refractivity contribution < 1.29 is 13.2 Å². The molecular formula is C22H20BrN5O4S2. The largest absolute Gasteiger partial charge is 0.387 e. The number of aryl methyl sites for hydroxylation is 2. The molecule has 0 aliphatic rings. The number of carbonyl (C=O) groups is 1. The summed E-state index contributed by atoms with van der Waals surface area (Å²) in [6, 6.07) is 12.2. The lowest BCUT2D eigenvalue weighted by molar-refractivity contribution is 0.256. The monoisotopic (exact) mass is 561 g/mol. The predicted molar refractivity (Wildman–Crippen MR) is 138 cm³/mol. The van der Waals surface area contributed by atoms with E-state index in [4.69, 9.17) is 0 Å². The van der Waals surface area contributed by atoms with Crippen LogP contribution in [0.4, 0.5) is 16.2 Å². The Morgan fingerprint density at radius 2 is 1.79 bits per heavy atom. The van der Waals surface area contributed by atoms with Crippen molar-refractivity contribution in [3.63, 3.8) is 0 Å². The highest BCUT2D eigenvalue weighted by molar-refractivity contribution is 9.10. The average Bonchev–Trinajstić information content (AvgIpc) is 3.22. The smallest absolute Gasteiger partial charge is 0.333 e. The Morgan fingerprint density at radius 3 is 2.41 bits per heavy atom. The first-order chi connectivity index (χ1) is 16.1. The molecule has 0 atom stereocenters. The quantitative estimate of drug-likeness (QED) is 0.332. The molecule has 4 aromatic rings. The number of aromatic nitrogens is 2. The number of sulfonamides is 1. The van der Waals surface area contributed by atoms with Gasteiger partial charge in [-0.3, -0.25) is 9.36 Å². The predicted octanol–water partition coefficient (Wildman–Crippen LogP) is 4.38. The minimum atomic E-state index is -3.96. The Hall–Kier alpha value is -3.22. The van der Waals surface area contributed by atoms with Gasteiger partial charge in [-0.25, -0.2) is 22.9 Å². The molecule has 0 fully saturated rings. The van der Waals surface area contributed by atoms with Crippen molar-refractivity contribution in [1.82, 2.24) is 14.3 Å². The maximum Gasteiger partial charge on any atom is 0.333 e. The first-order valence-corrected chi connectivity index (χ1v) is 13.1. The van der Waals surface area contributed by atoms with E-state index in [9.17, 15) is 18.0 Å². The maximum absolute atomic E-state index is 13.2. The van der Waals surface area contributed by atoms with E-state index in [1.54, 1.807) is 63.4 Å². The zero-order valence-electron chi connectivity index (χ0n) is 18.3. The van der Waals surface area contributed by atoms with Crippen LogP contribution < -0.4 is 20.9 Å². The van der Waals surface area contributed by atoms with Gasteiger partial charge in [0, 0.05) is 22.1 Å². The van der Waals surface area contributed by atoms with E-state index in [0.717, 1.165) is 26.4 Å². The number of thiophene rings is 1. The van der Waals surface area contributed by atoms with Crippen LogP contribution in [0.25, 0.3) is 16.6 Å². The highest BCUT2D eigenvalue weighted by atomic mass is 79.9. The number of rotatable bonds is 5. The van der Waals surface area contributed by atoms with Crippen LogP contribution in [0.5, 0.6) is 0 Å². The number of benzene rings is 2. The molecule has 12 heteroatoms. The zero-order valence-corrected chi connectivity index (χ0v) is 21.6. The van der Waals surface area contributed by atoms with Crippen molar-refractivity contribution in [2.45, 2.75) is 18.1 Å². The van der Waals surface area contributed by atoms with Crippen LogP contribution in [-0.4, -0.2) is 31.0 Å². The molecule has 9 nitrogen and oxygen atoms in total. The van der Waals surface area contributed by atoms with E-state index in [0.29, 0.717) is 28.1 Å². The summed E-state index contributed by atoms with van der Waals surface area (Å²) >= 11 is 4.53. The first kappa shape index (κ1) is 23.9. The van der Waals surface area contributed by atoms with Crippen LogP contribution in [0, 0.1) is 13.8 Å². The Bertz CT molecular complexity index is 1580. The maximum atomic E-state index is 13.2. The molecule has 0 unspecified atom stereocenters. The summed E-state index contributed by atoms with van der Waals surface area (Å²) in [6.45, 7) is 3.51. The zero-order chi connectivity index (χ0) is 24.6. The molecule has 34 heavy (non-hydrogen) atoms. The Labute approximate surface area is 208 Å². The van der Waals surface area contributed by atoms with Gasteiger partial charge >= 0.3 is 6.03 Å². The second kappa shape index (κ2) is 9.20. The molecule has 0 spiro atoms. The Balaban J connectivity index is 1.58. The van der Waals surface area contributed by atoms with Gasteiger partial charge in [-0.15, -0.1) is 11.3 Å². The molecule has 0 aliphatic carbocycles. The van der Waals surface area contributed by atoms with Crippen molar-refractivity contribution in [1.29, 1.82) is 0 Å². The molecule has 0 saturated carbocycles. The molecule has 3 N–H and O–H groups in total. The minimum Gasteiger partial charge on any atom is -0.387 e. The summed E-state index contributed by atoms with van der Waals surface area (Å²) in [4.78, 5) is 30.8. The van der Waals surface area contributed by atoms with E-state index in [-0.39, 0.29) is 9.77 Å². The van der Waals surface area contributed by atoms with Gasteiger partial charge in [-0.05, 0) is 78.3 Å². The number of anilines is 2. The number of urea groups is 1. The van der Waals surface area contributed by atoms with Gasteiger partial charge in [-0.1, -0.05) is 0 Å². The lowest BCUT2D eigenvalue weighted by Crippen LogP contribution is -2.33. The molecule has 176 valence electrons. The molecule has 0 aliphatic heterocycles. The number of hydrogen-bond acceptors (Lipinski definition) is 7. The fourth-order valence-corrected chi connectivity index (χ4v) is 6.12. The van der Waals surface area contributed by atoms with Crippen LogP contribution in [0.15, 0.2) is 62.0 Å². The number of hydrogen-bond donors (Lipinski definition) is 3. The van der Waals surface area contributed by atoms with E-state index in [1.165, 1.54) is 10.6 Å². The molecule has 4 rings (SSSR count). The van der Waals surface area contributed by atoms with Crippen LogP contribution in [0.3, 0.4) is 0 Å². The van der Waals surface area contributed by atoms with E-state index >= 15 is 0 Å². The number of carbonyl (C=O) groups excluding carboxylic acids is 1. The second-order valence-corrected chi connectivity index (χ2v) is 11.4. The fraction of sp³-hybridized carbons (Fsp3) is 0.136. The van der Waals surface area contributed by atoms with Crippen LogP contribution in [0.2, 0.25) is 0 Å². The second-order valence-electron chi connectivity index (χ2n) is 7.37. The Kier molecular flexibility index (Phi) is 6.47. The standard InChI is InChI=1S/C22H20BrN5O4S2/c1-12-4-9-20(33-12)34(31,32)27-22(30)26-14-5-7-15(8-6-14)28-13(2)25-18-11-19(24-3)17(23)10-16(18)21(28)29/h4-11,24H,1-3H3,(H2,26,27,30). The van der Waals surface area contributed by atoms with Gasteiger partial charge in [0.15, 0.2) is 0 Å². The third-order valence-electron chi connectivity index (χ3n) is 4.99. The fourth-order valence-electron chi connectivity index (χ4n) is 3.39.